The molecule has 130 valence electrons. The van der Waals surface area contributed by atoms with Crippen LogP contribution in [0.4, 0.5) is 0 Å². The second kappa shape index (κ2) is 5.43. The molecule has 1 N–H and O–H groups in total. The monoisotopic (exact) mass is 327 g/mol. The molecule has 4 aliphatic rings. The molecule has 4 rings (SSSR count). The summed E-state index contributed by atoms with van der Waals surface area (Å²) in [7, 11) is 0. The molecule has 0 heterocycles. The van der Waals surface area contributed by atoms with Crippen LogP contribution >= 0.6 is 0 Å². The molecule has 0 saturated heterocycles. The fraction of sp³-hybridized carbons (Fsp3) is 0.810. The Morgan fingerprint density at radius 1 is 1.25 bits per heavy atom. The highest BCUT2D eigenvalue weighted by atomic mass is 16.3. The lowest BCUT2D eigenvalue weighted by Gasteiger charge is -2.59. The Kier molecular flexibility index (Phi) is 3.69. The molecule has 0 aliphatic heterocycles. The molecule has 3 fully saturated rings. The van der Waals surface area contributed by atoms with Crippen LogP contribution in [0.25, 0.3) is 0 Å². The summed E-state index contributed by atoms with van der Waals surface area (Å²) < 4.78 is 0. The normalized spacial score (nSPS) is 50.3. The quantitative estimate of drug-likeness (QED) is 0.795. The zero-order valence-corrected chi connectivity index (χ0v) is 14.9. The van der Waals surface area contributed by atoms with Crippen LogP contribution in [0.15, 0.2) is 11.6 Å². The summed E-state index contributed by atoms with van der Waals surface area (Å²) in [4.78, 5) is 12.0. The third kappa shape index (κ3) is 2.02. The molecule has 0 spiro atoms. The minimum absolute atomic E-state index is 0.0796. The molecule has 2 unspecified atom stereocenters. The molecule has 0 aromatic heterocycles. The highest BCUT2D eigenvalue weighted by molar-refractivity contribution is 5.91. The largest absolute Gasteiger partial charge is 0.396 e. The molecule has 3 heteroatoms. The second-order valence-electron chi connectivity index (χ2n) is 9.28. The van der Waals surface area contributed by atoms with Crippen LogP contribution in [0.3, 0.4) is 0 Å². The maximum Gasteiger partial charge on any atom is 0.155 e. The predicted octanol–water partition coefficient (Wildman–Crippen LogP) is 3.88. The Morgan fingerprint density at radius 3 is 2.75 bits per heavy atom. The predicted molar refractivity (Wildman–Crippen MR) is 91.8 cm³/mol. The highest BCUT2D eigenvalue weighted by Crippen LogP contribution is 2.67. The van der Waals surface area contributed by atoms with Crippen molar-refractivity contribution < 1.29 is 9.90 Å². The first-order valence-electron chi connectivity index (χ1n) is 9.69. The van der Waals surface area contributed by atoms with Gasteiger partial charge in [-0.1, -0.05) is 19.4 Å². The summed E-state index contributed by atoms with van der Waals surface area (Å²) in [5.41, 5.74) is 1.48. The molecule has 0 aromatic rings. The minimum atomic E-state index is 0.0796. The summed E-state index contributed by atoms with van der Waals surface area (Å²) in [6.07, 6.45) is 9.03. The van der Waals surface area contributed by atoms with E-state index in [-0.39, 0.29) is 35.1 Å². The Balaban J connectivity index is 1.74. The lowest BCUT2D eigenvalue weighted by molar-refractivity contribution is -0.118. The molecule has 4 aliphatic carbocycles. The number of hydrogen-bond acceptors (Lipinski definition) is 3. The number of nitriles is 1. The van der Waals surface area contributed by atoms with Crippen LogP contribution in [0, 0.1) is 51.8 Å². The van der Waals surface area contributed by atoms with Crippen LogP contribution in [0.2, 0.25) is 0 Å². The number of hydrogen-bond donors (Lipinski definition) is 1. The van der Waals surface area contributed by atoms with Crippen molar-refractivity contribution in [3.8, 4) is 6.07 Å². The van der Waals surface area contributed by atoms with Crippen molar-refractivity contribution in [1.29, 1.82) is 5.26 Å². The average Bonchev–Trinajstić information content (AvgIpc) is 2.91. The van der Waals surface area contributed by atoms with Crippen LogP contribution in [-0.4, -0.2) is 17.5 Å². The third-order valence-corrected chi connectivity index (χ3v) is 8.49. The second-order valence-corrected chi connectivity index (χ2v) is 9.28. The molecule has 0 radical (unpaired) electrons. The van der Waals surface area contributed by atoms with Crippen molar-refractivity contribution in [2.24, 2.45) is 40.4 Å². The molecule has 3 saturated carbocycles. The van der Waals surface area contributed by atoms with Crippen LogP contribution in [0.1, 0.15) is 58.8 Å². The summed E-state index contributed by atoms with van der Waals surface area (Å²) in [6.45, 7) is 4.86. The standard InChI is InChI=1S/C21H29NO2/c1-20-8-6-18-16(17(20)4-3-14(20)11-22)9-13(12-23)19-10-15(24)5-7-21(18,19)2/h10,13-14,16-18,23H,3-9,12H2,1-2H3/t13?,14?,16-,17-,18+,20+,21+/m0/s1. The first-order chi connectivity index (χ1) is 11.4. The van der Waals surface area contributed by atoms with E-state index in [0.717, 1.165) is 25.7 Å². The number of aliphatic hydroxyl groups excluding tert-OH is 1. The van der Waals surface area contributed by atoms with Gasteiger partial charge in [0.05, 0.1) is 12.0 Å². The molecule has 0 aromatic carbocycles. The topological polar surface area (TPSA) is 61.1 Å². The molecule has 0 amide bonds. The SMILES string of the molecule is C[C@]12CCC(=O)C=C1C(CO)C[C@@H]1[C@H]2CC[C@]2(C)C(C#N)CC[C@@H]12. The van der Waals surface area contributed by atoms with E-state index < -0.39 is 0 Å². The van der Waals surface area contributed by atoms with Crippen LogP contribution in [-0.2, 0) is 4.79 Å². The molecular formula is C21H29NO2. The van der Waals surface area contributed by atoms with Crippen molar-refractivity contribution in [3.05, 3.63) is 11.6 Å². The highest BCUT2D eigenvalue weighted by Gasteiger charge is 2.60. The van der Waals surface area contributed by atoms with Gasteiger partial charge in [0.1, 0.15) is 0 Å². The molecular weight excluding hydrogens is 298 g/mol. The van der Waals surface area contributed by atoms with Gasteiger partial charge in [0.25, 0.3) is 0 Å². The van der Waals surface area contributed by atoms with Gasteiger partial charge in [-0.2, -0.15) is 5.26 Å². The molecule has 24 heavy (non-hydrogen) atoms. The van der Waals surface area contributed by atoms with E-state index in [9.17, 15) is 15.2 Å². The van der Waals surface area contributed by atoms with Gasteiger partial charge < -0.3 is 5.11 Å². The van der Waals surface area contributed by atoms with Gasteiger partial charge >= 0.3 is 0 Å². The van der Waals surface area contributed by atoms with Gasteiger partial charge in [-0.25, -0.2) is 0 Å². The Hall–Kier alpha value is -1.14. The molecule has 7 atom stereocenters. The zero-order chi connectivity index (χ0) is 17.1. The van der Waals surface area contributed by atoms with E-state index in [2.05, 4.69) is 19.9 Å². The van der Waals surface area contributed by atoms with E-state index in [4.69, 9.17) is 0 Å². The van der Waals surface area contributed by atoms with Crippen molar-refractivity contribution in [1.82, 2.24) is 0 Å². The number of ketones is 1. The van der Waals surface area contributed by atoms with Crippen molar-refractivity contribution in [2.75, 3.05) is 6.61 Å². The van der Waals surface area contributed by atoms with Crippen molar-refractivity contribution in [3.63, 3.8) is 0 Å². The Morgan fingerprint density at radius 2 is 2.04 bits per heavy atom. The van der Waals surface area contributed by atoms with Gasteiger partial charge in [-0.3, -0.25) is 4.79 Å². The lowest BCUT2D eigenvalue weighted by Crippen LogP contribution is -2.53. The zero-order valence-electron chi connectivity index (χ0n) is 14.9. The number of carbonyl (C=O) groups is 1. The van der Waals surface area contributed by atoms with Crippen molar-refractivity contribution >= 4 is 5.78 Å². The summed E-state index contributed by atoms with van der Waals surface area (Å²) in [5.74, 6) is 2.43. The minimum Gasteiger partial charge on any atom is -0.396 e. The first kappa shape index (κ1) is 16.3. The molecule has 3 nitrogen and oxygen atoms in total. The van der Waals surface area contributed by atoms with Crippen LogP contribution in [0.5, 0.6) is 0 Å². The van der Waals surface area contributed by atoms with E-state index in [0.29, 0.717) is 24.2 Å². The van der Waals surface area contributed by atoms with Gasteiger partial charge in [-0.05, 0) is 73.2 Å². The van der Waals surface area contributed by atoms with Gasteiger partial charge in [0.15, 0.2) is 5.78 Å². The number of aliphatic hydroxyl groups is 1. The third-order valence-electron chi connectivity index (χ3n) is 8.49. The van der Waals surface area contributed by atoms with Gasteiger partial charge in [0.2, 0.25) is 0 Å². The fourth-order valence-electron chi connectivity index (χ4n) is 7.17. The fourth-order valence-corrected chi connectivity index (χ4v) is 7.17. The number of nitrogens with zero attached hydrogens (tertiary/aromatic N) is 1. The summed E-state index contributed by atoms with van der Waals surface area (Å²) in [6, 6.07) is 2.59. The Labute approximate surface area is 145 Å². The molecule has 0 bridgehead atoms. The Bertz CT molecular complexity index is 632. The first-order valence-corrected chi connectivity index (χ1v) is 9.69. The number of rotatable bonds is 1. The number of fused-ring (bicyclic) bond motifs is 5. The van der Waals surface area contributed by atoms with Gasteiger partial charge in [0, 0.05) is 18.9 Å². The smallest absolute Gasteiger partial charge is 0.155 e. The number of carbonyl (C=O) groups excluding carboxylic acids is 1. The maximum absolute atomic E-state index is 12.0. The van der Waals surface area contributed by atoms with E-state index in [1.54, 1.807) is 0 Å². The van der Waals surface area contributed by atoms with Gasteiger partial charge in [-0.15, -0.1) is 0 Å². The van der Waals surface area contributed by atoms with E-state index >= 15 is 0 Å². The summed E-state index contributed by atoms with van der Waals surface area (Å²) >= 11 is 0. The summed E-state index contributed by atoms with van der Waals surface area (Å²) in [5, 5.41) is 19.6. The lowest BCUT2D eigenvalue weighted by atomic mass is 9.45. The van der Waals surface area contributed by atoms with E-state index in [1.807, 2.05) is 6.08 Å². The van der Waals surface area contributed by atoms with E-state index in [1.165, 1.54) is 18.4 Å². The average molecular weight is 327 g/mol. The van der Waals surface area contributed by atoms with Crippen molar-refractivity contribution in [2.45, 2.75) is 58.8 Å². The maximum atomic E-state index is 12.0. The van der Waals surface area contributed by atoms with Crippen LogP contribution < -0.4 is 0 Å².